The van der Waals surface area contributed by atoms with Gasteiger partial charge in [-0.2, -0.15) is 5.10 Å². The zero-order chi connectivity index (χ0) is 20.9. The highest BCUT2D eigenvalue weighted by atomic mass is 16.5. The highest BCUT2D eigenvalue weighted by Crippen LogP contribution is 2.52. The van der Waals surface area contributed by atoms with E-state index in [-0.39, 0.29) is 18.2 Å². The van der Waals surface area contributed by atoms with Gasteiger partial charge in [0.1, 0.15) is 17.0 Å². The summed E-state index contributed by atoms with van der Waals surface area (Å²) >= 11 is 0. The molecule has 0 fully saturated rings. The largest absolute Gasteiger partial charge is 0.497 e. The molecule has 2 aliphatic rings. The van der Waals surface area contributed by atoms with Crippen molar-refractivity contribution in [2.75, 3.05) is 23.9 Å². The Labute approximate surface area is 173 Å². The van der Waals surface area contributed by atoms with Crippen molar-refractivity contribution in [2.24, 2.45) is 0 Å². The predicted octanol–water partition coefficient (Wildman–Crippen LogP) is 3.04. The Morgan fingerprint density at radius 1 is 1.17 bits per heavy atom. The van der Waals surface area contributed by atoms with Crippen LogP contribution < -0.4 is 15.0 Å². The first-order chi connectivity index (χ1) is 14.6. The van der Waals surface area contributed by atoms with Crippen molar-refractivity contribution in [3.8, 4) is 11.4 Å². The molecule has 3 aromatic rings. The Morgan fingerprint density at radius 2 is 1.93 bits per heavy atom. The summed E-state index contributed by atoms with van der Waals surface area (Å²) in [7, 11) is 1.60. The Morgan fingerprint density at radius 3 is 2.67 bits per heavy atom. The summed E-state index contributed by atoms with van der Waals surface area (Å²) in [6.07, 6.45) is 3.42. The molecule has 0 aliphatic carbocycles. The van der Waals surface area contributed by atoms with Gasteiger partial charge < -0.3 is 15.0 Å². The quantitative estimate of drug-likeness (QED) is 0.683. The lowest BCUT2D eigenvalue weighted by Crippen LogP contribution is -2.46. The second kappa shape index (κ2) is 6.59. The molecule has 30 heavy (non-hydrogen) atoms. The van der Waals surface area contributed by atoms with E-state index in [0.29, 0.717) is 17.9 Å². The number of nitrogens with one attached hydrogen (secondary N) is 1. The molecule has 0 bridgehead atoms. The van der Waals surface area contributed by atoms with Crippen LogP contribution in [0.15, 0.2) is 67.4 Å². The minimum atomic E-state index is -1.10. The third kappa shape index (κ3) is 2.35. The van der Waals surface area contributed by atoms with Gasteiger partial charge >= 0.3 is 0 Å². The molecule has 7 heteroatoms. The van der Waals surface area contributed by atoms with E-state index in [4.69, 9.17) is 4.74 Å². The Bertz CT molecular complexity index is 1180. The molecule has 2 amide bonds. The minimum absolute atomic E-state index is 0.0395. The topological polar surface area (TPSA) is 76.5 Å². The minimum Gasteiger partial charge on any atom is -0.497 e. The van der Waals surface area contributed by atoms with Gasteiger partial charge in [-0.3, -0.25) is 9.59 Å². The SMILES string of the molecule is C=CCN1C(=O)C2(CC(=O)Nc3c2cnn3-c2ccc(OC)cc2)c2ccccc21. The van der Waals surface area contributed by atoms with E-state index in [2.05, 4.69) is 17.0 Å². The summed E-state index contributed by atoms with van der Waals surface area (Å²) in [5.74, 6) is 0.885. The normalized spacial score (nSPS) is 19.4. The second-order valence-electron chi connectivity index (χ2n) is 7.37. The highest BCUT2D eigenvalue weighted by molar-refractivity contribution is 6.15. The Kier molecular flexibility index (Phi) is 3.99. The average molecular weight is 400 g/mol. The van der Waals surface area contributed by atoms with E-state index in [1.807, 2.05) is 48.5 Å². The van der Waals surface area contributed by atoms with E-state index in [9.17, 15) is 9.59 Å². The van der Waals surface area contributed by atoms with Crippen molar-refractivity contribution in [3.05, 3.63) is 78.5 Å². The van der Waals surface area contributed by atoms with Gasteiger partial charge in [-0.05, 0) is 35.9 Å². The van der Waals surface area contributed by atoms with E-state index in [1.54, 1.807) is 29.0 Å². The second-order valence-corrected chi connectivity index (χ2v) is 7.37. The van der Waals surface area contributed by atoms with Gasteiger partial charge in [0.2, 0.25) is 11.8 Å². The number of anilines is 2. The average Bonchev–Trinajstić information content (AvgIpc) is 3.29. The standard InChI is InChI=1S/C23H20N4O3/c1-3-12-26-19-7-5-4-6-17(19)23(22(26)29)13-20(28)25-21-18(23)14-24-27(21)15-8-10-16(30-2)11-9-15/h3-11,14H,1,12-13H2,2H3,(H,25,28). The van der Waals surface area contributed by atoms with Crippen LogP contribution in [-0.2, 0) is 15.0 Å². The molecular formula is C23H20N4O3. The molecule has 150 valence electrons. The molecule has 2 aromatic carbocycles. The van der Waals surface area contributed by atoms with Crippen LogP contribution in [0.2, 0.25) is 0 Å². The van der Waals surface area contributed by atoms with Crippen LogP contribution in [0.5, 0.6) is 5.75 Å². The van der Waals surface area contributed by atoms with E-state index >= 15 is 0 Å². The molecule has 5 rings (SSSR count). The van der Waals surface area contributed by atoms with E-state index in [0.717, 1.165) is 22.7 Å². The third-order valence-corrected chi connectivity index (χ3v) is 5.81. The van der Waals surface area contributed by atoms with E-state index < -0.39 is 5.41 Å². The van der Waals surface area contributed by atoms with Crippen LogP contribution in [0.3, 0.4) is 0 Å². The monoisotopic (exact) mass is 400 g/mol. The van der Waals surface area contributed by atoms with Crippen LogP contribution in [-0.4, -0.2) is 35.2 Å². The molecule has 1 N–H and O–H groups in total. The number of hydrogen-bond acceptors (Lipinski definition) is 4. The maximum Gasteiger partial charge on any atom is 0.243 e. The number of nitrogens with zero attached hydrogens (tertiary/aromatic N) is 3. The number of hydrogen-bond donors (Lipinski definition) is 1. The molecule has 0 saturated heterocycles. The first-order valence-corrected chi connectivity index (χ1v) is 9.65. The maximum atomic E-state index is 13.7. The smallest absolute Gasteiger partial charge is 0.243 e. The molecule has 2 aliphatic heterocycles. The van der Waals surface area contributed by atoms with Gasteiger partial charge in [-0.15, -0.1) is 6.58 Å². The number of aromatic nitrogens is 2. The maximum absolute atomic E-state index is 13.7. The highest BCUT2D eigenvalue weighted by Gasteiger charge is 2.56. The summed E-state index contributed by atoms with van der Waals surface area (Å²) in [5.41, 5.74) is 1.99. The number of benzene rings is 2. The first-order valence-electron chi connectivity index (χ1n) is 9.65. The number of fused-ring (bicyclic) bond motifs is 4. The van der Waals surface area contributed by atoms with Crippen molar-refractivity contribution in [1.82, 2.24) is 9.78 Å². The lowest BCUT2D eigenvalue weighted by Gasteiger charge is -2.32. The number of carbonyl (C=O) groups is 2. The number of carbonyl (C=O) groups excluding carboxylic acids is 2. The van der Waals surface area contributed by atoms with Gasteiger partial charge in [0.15, 0.2) is 0 Å². The molecule has 1 atom stereocenters. The lowest BCUT2D eigenvalue weighted by molar-refractivity contribution is -0.126. The van der Waals surface area contributed by atoms with E-state index in [1.165, 1.54) is 0 Å². The number of methoxy groups -OCH3 is 1. The van der Waals surface area contributed by atoms with Crippen molar-refractivity contribution in [1.29, 1.82) is 0 Å². The molecular weight excluding hydrogens is 380 g/mol. The van der Waals surface area contributed by atoms with Crippen LogP contribution in [0, 0.1) is 0 Å². The summed E-state index contributed by atoms with van der Waals surface area (Å²) in [6.45, 7) is 4.16. The molecule has 1 spiro atoms. The summed E-state index contributed by atoms with van der Waals surface area (Å²) in [6, 6.07) is 15.0. The fourth-order valence-electron chi connectivity index (χ4n) is 4.48. The van der Waals surface area contributed by atoms with Crippen LogP contribution >= 0.6 is 0 Å². The number of rotatable bonds is 4. The number of amides is 2. The zero-order valence-corrected chi connectivity index (χ0v) is 16.5. The van der Waals surface area contributed by atoms with Crippen LogP contribution in [0.4, 0.5) is 11.5 Å². The molecule has 7 nitrogen and oxygen atoms in total. The molecule has 1 unspecified atom stereocenters. The lowest BCUT2D eigenvalue weighted by atomic mass is 9.72. The molecule has 1 aromatic heterocycles. The van der Waals surface area contributed by atoms with Crippen molar-refractivity contribution in [2.45, 2.75) is 11.8 Å². The van der Waals surface area contributed by atoms with Crippen LogP contribution in [0.25, 0.3) is 5.69 Å². The van der Waals surface area contributed by atoms with Crippen molar-refractivity contribution in [3.63, 3.8) is 0 Å². The zero-order valence-electron chi connectivity index (χ0n) is 16.5. The third-order valence-electron chi connectivity index (χ3n) is 5.81. The van der Waals surface area contributed by atoms with Crippen molar-refractivity contribution >= 4 is 23.3 Å². The summed E-state index contributed by atoms with van der Waals surface area (Å²) in [5, 5.41) is 7.45. The molecule has 0 saturated carbocycles. The predicted molar refractivity (Wildman–Crippen MR) is 113 cm³/mol. The fraction of sp³-hybridized carbons (Fsp3) is 0.174. The molecule has 3 heterocycles. The Hall–Kier alpha value is -3.87. The Balaban J connectivity index is 1.72. The van der Waals surface area contributed by atoms with Gasteiger partial charge in [-0.1, -0.05) is 24.3 Å². The number of para-hydroxylation sites is 1. The summed E-state index contributed by atoms with van der Waals surface area (Å²) < 4.78 is 6.88. The first kappa shape index (κ1) is 18.2. The van der Waals surface area contributed by atoms with Gasteiger partial charge in [-0.25, -0.2) is 4.68 Å². The molecule has 0 radical (unpaired) electrons. The fourth-order valence-corrected chi connectivity index (χ4v) is 4.48. The van der Waals surface area contributed by atoms with Gasteiger partial charge in [0.05, 0.1) is 19.0 Å². The van der Waals surface area contributed by atoms with Gasteiger partial charge in [0, 0.05) is 24.2 Å². The van der Waals surface area contributed by atoms with Gasteiger partial charge in [0.25, 0.3) is 0 Å². The summed E-state index contributed by atoms with van der Waals surface area (Å²) in [4.78, 5) is 28.2. The number of ether oxygens (including phenoxy) is 1. The van der Waals surface area contributed by atoms with Crippen molar-refractivity contribution < 1.29 is 14.3 Å². The van der Waals surface area contributed by atoms with Crippen LogP contribution in [0.1, 0.15) is 17.5 Å².